The smallest absolute Gasteiger partial charge is 0.0979 e. The summed E-state index contributed by atoms with van der Waals surface area (Å²) in [7, 11) is 0. The van der Waals surface area contributed by atoms with E-state index in [1.54, 1.807) is 11.8 Å². The van der Waals surface area contributed by atoms with Gasteiger partial charge in [0.05, 0.1) is 16.5 Å². The van der Waals surface area contributed by atoms with E-state index in [2.05, 4.69) is 132 Å². The van der Waals surface area contributed by atoms with Gasteiger partial charge in [-0.3, -0.25) is 0 Å². The molecule has 1 aliphatic rings. The SMILES string of the molecule is C=CCC1(CC)C(=C)N1CS/C(CCc1ccc(C)cc1)=N\N=C.CC.CC.CCCC(C)CCC.CCc1ccc(C)cc1. The van der Waals surface area contributed by atoms with Crippen molar-refractivity contribution < 1.29 is 0 Å². The standard InChI is InChI=1S/C20H27N3S.C9H12.C8H18.2C2H6/c1-6-14-20(7-2)17(4)23(20)15-24-19(22-21-5)13-12-18-10-8-16(3)9-11-18;1-3-9-6-4-8(2)5-7-9;1-4-6-8(3)7-5-2;2*1-2/h6,8-11H,1,4-5,7,12-15H2,2-3H3;4-7H,3H2,1-2H3;8H,4-7H2,1-3H3;2*1-2H3/b22-19-;;;;. The number of rotatable bonds is 14. The van der Waals surface area contributed by atoms with Crippen molar-refractivity contribution >= 4 is 23.5 Å². The molecule has 45 heavy (non-hydrogen) atoms. The zero-order valence-corrected chi connectivity index (χ0v) is 32.0. The van der Waals surface area contributed by atoms with Gasteiger partial charge >= 0.3 is 0 Å². The number of hydrogen-bond acceptors (Lipinski definition) is 4. The molecule has 0 N–H and O–H groups in total. The van der Waals surface area contributed by atoms with Crippen LogP contribution in [-0.4, -0.2) is 28.1 Å². The zero-order chi connectivity index (χ0) is 34.7. The van der Waals surface area contributed by atoms with Crippen molar-refractivity contribution in [2.75, 3.05) is 5.88 Å². The zero-order valence-electron chi connectivity index (χ0n) is 31.2. The second-order valence-electron chi connectivity index (χ2n) is 11.2. The van der Waals surface area contributed by atoms with Gasteiger partial charge in [0.15, 0.2) is 0 Å². The third kappa shape index (κ3) is 18.2. The van der Waals surface area contributed by atoms with Gasteiger partial charge in [0.1, 0.15) is 0 Å². The molecule has 0 radical (unpaired) electrons. The normalized spacial score (nSPS) is 14.8. The molecule has 254 valence electrons. The molecule has 0 saturated carbocycles. The summed E-state index contributed by atoms with van der Waals surface area (Å²) in [5, 5.41) is 8.97. The Hall–Kier alpha value is -2.59. The minimum Gasteiger partial charge on any atom is -0.352 e. The molecule has 4 heteroatoms. The van der Waals surface area contributed by atoms with Crippen LogP contribution in [-0.2, 0) is 12.8 Å². The van der Waals surface area contributed by atoms with Crippen molar-refractivity contribution in [3.8, 4) is 0 Å². The molecule has 1 unspecified atom stereocenters. The predicted molar refractivity (Wildman–Crippen MR) is 210 cm³/mol. The molecule has 3 rings (SSSR count). The summed E-state index contributed by atoms with van der Waals surface area (Å²) in [6.07, 6.45) is 12.5. The van der Waals surface area contributed by atoms with Gasteiger partial charge in [-0.15, -0.1) is 11.7 Å². The Bertz CT molecular complexity index is 1050. The first-order valence-corrected chi connectivity index (χ1v) is 18.5. The summed E-state index contributed by atoms with van der Waals surface area (Å²) in [5.74, 6) is 1.83. The molecule has 1 heterocycles. The van der Waals surface area contributed by atoms with Gasteiger partial charge in [-0.1, -0.05) is 172 Å². The summed E-state index contributed by atoms with van der Waals surface area (Å²) >= 11 is 1.73. The maximum absolute atomic E-state index is 4.22. The van der Waals surface area contributed by atoms with E-state index in [0.717, 1.165) is 48.9 Å². The molecule has 1 saturated heterocycles. The van der Waals surface area contributed by atoms with Crippen molar-refractivity contribution in [1.29, 1.82) is 0 Å². The van der Waals surface area contributed by atoms with Gasteiger partial charge in [0.2, 0.25) is 0 Å². The summed E-state index contributed by atoms with van der Waals surface area (Å²) in [6.45, 7) is 35.0. The van der Waals surface area contributed by atoms with Gasteiger partial charge in [0.25, 0.3) is 0 Å². The van der Waals surface area contributed by atoms with E-state index in [0.29, 0.717) is 0 Å². The summed E-state index contributed by atoms with van der Waals surface area (Å²) < 4.78 is 0. The fourth-order valence-electron chi connectivity index (χ4n) is 4.97. The van der Waals surface area contributed by atoms with Crippen LogP contribution in [0, 0.1) is 19.8 Å². The molecule has 1 fully saturated rings. The molecule has 0 aromatic heterocycles. The molecule has 0 amide bonds. The van der Waals surface area contributed by atoms with Crippen LogP contribution < -0.4 is 0 Å². The van der Waals surface area contributed by atoms with Crippen molar-refractivity contribution in [3.05, 3.63) is 95.7 Å². The summed E-state index contributed by atoms with van der Waals surface area (Å²) in [4.78, 5) is 2.35. The van der Waals surface area contributed by atoms with Crippen LogP contribution in [0.3, 0.4) is 0 Å². The molecule has 0 bridgehead atoms. The lowest BCUT2D eigenvalue weighted by Crippen LogP contribution is -2.17. The fraction of sp³-hybridized carbons (Fsp3) is 0.561. The van der Waals surface area contributed by atoms with Crippen LogP contribution in [0.4, 0.5) is 0 Å². The number of hydrogen-bond donors (Lipinski definition) is 0. The number of nitrogens with zero attached hydrogens (tertiary/aromatic N) is 3. The topological polar surface area (TPSA) is 27.7 Å². The van der Waals surface area contributed by atoms with Gasteiger partial charge in [0, 0.05) is 18.8 Å². The first-order chi connectivity index (χ1) is 21.7. The minimum absolute atomic E-state index is 0.110. The second kappa shape index (κ2) is 27.7. The average molecular weight is 636 g/mol. The van der Waals surface area contributed by atoms with Gasteiger partial charge < -0.3 is 4.90 Å². The van der Waals surface area contributed by atoms with Crippen LogP contribution in [0.5, 0.6) is 0 Å². The highest BCUT2D eigenvalue weighted by Gasteiger charge is 2.53. The lowest BCUT2D eigenvalue weighted by atomic mass is 10.0. The monoisotopic (exact) mass is 636 g/mol. The van der Waals surface area contributed by atoms with E-state index in [-0.39, 0.29) is 5.54 Å². The Morgan fingerprint density at radius 2 is 1.36 bits per heavy atom. The van der Waals surface area contributed by atoms with Crippen molar-refractivity contribution in [1.82, 2.24) is 4.90 Å². The van der Waals surface area contributed by atoms with E-state index in [4.69, 9.17) is 0 Å². The maximum Gasteiger partial charge on any atom is 0.0979 e. The number of thioether (sulfide) groups is 1. The molecule has 1 aliphatic heterocycles. The second-order valence-corrected chi connectivity index (χ2v) is 12.2. The van der Waals surface area contributed by atoms with Crippen LogP contribution in [0.15, 0.2) is 83.7 Å². The highest BCUT2D eigenvalue weighted by atomic mass is 32.2. The Kier molecular flexibility index (Phi) is 27.4. The largest absolute Gasteiger partial charge is 0.352 e. The Labute approximate surface area is 284 Å². The van der Waals surface area contributed by atoms with E-state index < -0.39 is 0 Å². The third-order valence-corrected chi connectivity index (χ3v) is 8.79. The molecule has 2 aromatic rings. The lowest BCUT2D eigenvalue weighted by molar-refractivity contribution is 0.443. The van der Waals surface area contributed by atoms with Crippen LogP contribution in [0.1, 0.15) is 130 Å². The van der Waals surface area contributed by atoms with Gasteiger partial charge in [-0.25, -0.2) is 0 Å². The van der Waals surface area contributed by atoms with Crippen molar-refractivity contribution in [2.24, 2.45) is 16.1 Å². The maximum atomic E-state index is 4.22. The lowest BCUT2D eigenvalue weighted by Gasteiger charge is -2.13. The van der Waals surface area contributed by atoms with Crippen molar-refractivity contribution in [2.45, 2.75) is 139 Å². The quantitative estimate of drug-likeness (QED) is 0.0679. The summed E-state index contributed by atoms with van der Waals surface area (Å²) in [5.41, 5.74) is 6.68. The minimum atomic E-state index is 0.110. The third-order valence-electron chi connectivity index (χ3n) is 7.78. The van der Waals surface area contributed by atoms with Crippen LogP contribution in [0.25, 0.3) is 0 Å². The highest BCUT2D eigenvalue weighted by molar-refractivity contribution is 8.13. The Morgan fingerprint density at radius 1 is 0.867 bits per heavy atom. The van der Waals surface area contributed by atoms with Gasteiger partial charge in [-0.05, 0) is 56.6 Å². The van der Waals surface area contributed by atoms with E-state index in [1.165, 1.54) is 53.6 Å². The molecule has 0 aliphatic carbocycles. The van der Waals surface area contributed by atoms with E-state index in [1.807, 2.05) is 33.8 Å². The first kappa shape index (κ1) is 44.5. The van der Waals surface area contributed by atoms with Crippen molar-refractivity contribution in [3.63, 3.8) is 0 Å². The highest BCUT2D eigenvalue weighted by Crippen LogP contribution is 2.50. The van der Waals surface area contributed by atoms with E-state index >= 15 is 0 Å². The molecule has 2 aromatic carbocycles. The Morgan fingerprint density at radius 3 is 1.76 bits per heavy atom. The summed E-state index contributed by atoms with van der Waals surface area (Å²) in [6, 6.07) is 17.3. The average Bonchev–Trinajstić information content (AvgIpc) is 3.63. The molecule has 1 atom stereocenters. The number of aryl methyl sites for hydroxylation is 4. The Balaban J connectivity index is 0. The molecule has 0 spiro atoms. The number of benzene rings is 2. The van der Waals surface area contributed by atoms with Crippen LogP contribution >= 0.6 is 11.8 Å². The molecular formula is C41H69N3S. The molecule has 3 nitrogen and oxygen atoms in total. The molecular weight excluding hydrogens is 567 g/mol. The van der Waals surface area contributed by atoms with Gasteiger partial charge in [-0.2, -0.15) is 5.10 Å². The predicted octanol–water partition coefficient (Wildman–Crippen LogP) is 13.0. The van der Waals surface area contributed by atoms with E-state index in [9.17, 15) is 0 Å². The van der Waals surface area contributed by atoms with Crippen LogP contribution in [0.2, 0.25) is 0 Å². The first-order valence-electron chi connectivity index (χ1n) is 17.5. The fourth-order valence-corrected chi connectivity index (χ4v) is 6.01.